The van der Waals surface area contributed by atoms with Crippen LogP contribution in [0.3, 0.4) is 0 Å². The van der Waals surface area contributed by atoms with Crippen molar-refractivity contribution in [2.45, 2.75) is 49.9 Å². The fourth-order valence-electron chi connectivity index (χ4n) is 3.40. The predicted octanol–water partition coefficient (Wildman–Crippen LogP) is 4.74. The van der Waals surface area contributed by atoms with Crippen molar-refractivity contribution in [3.63, 3.8) is 0 Å². The summed E-state index contributed by atoms with van der Waals surface area (Å²) in [5, 5.41) is 24.5. The molecule has 0 fully saturated rings. The first-order chi connectivity index (χ1) is 14.6. The predicted molar refractivity (Wildman–Crippen MR) is 122 cm³/mol. The lowest BCUT2D eigenvalue weighted by molar-refractivity contribution is 0.197. The number of rotatable bonds is 8. The number of aromatic nitrogens is 5. The third-order valence-corrected chi connectivity index (χ3v) is 6.34. The van der Waals surface area contributed by atoms with Crippen LogP contribution in [0.4, 0.5) is 5.82 Å². The van der Waals surface area contributed by atoms with Crippen molar-refractivity contribution in [3.8, 4) is 0 Å². The second kappa shape index (κ2) is 9.16. The summed E-state index contributed by atoms with van der Waals surface area (Å²) >= 11 is 7.28. The number of aliphatic hydroxyl groups excluding tert-OH is 1. The summed E-state index contributed by atoms with van der Waals surface area (Å²) in [4.78, 5) is 8.98. The number of nitrogens with zero attached hydrogens (tertiary/aromatic N) is 5. The minimum absolute atomic E-state index is 0.175. The Morgan fingerprint density at radius 2 is 2.00 bits per heavy atom. The van der Waals surface area contributed by atoms with E-state index in [0.717, 1.165) is 35.0 Å². The number of nitrogens with one attached hydrogen (secondary N) is 1. The first-order valence-corrected chi connectivity index (χ1v) is 11.2. The van der Waals surface area contributed by atoms with E-state index in [9.17, 15) is 5.11 Å². The number of aliphatic hydroxyl groups is 1. The molecular formula is C21H23ClN6OS. The zero-order valence-electron chi connectivity index (χ0n) is 16.8. The van der Waals surface area contributed by atoms with Gasteiger partial charge >= 0.3 is 0 Å². The minimum atomic E-state index is -0.825. The molecule has 30 heavy (non-hydrogen) atoms. The Bertz CT molecular complexity index is 1150. The van der Waals surface area contributed by atoms with Crippen molar-refractivity contribution >= 4 is 51.2 Å². The molecule has 2 unspecified atom stereocenters. The molecule has 156 valence electrons. The van der Waals surface area contributed by atoms with E-state index in [1.54, 1.807) is 12.1 Å². The maximum atomic E-state index is 10.7. The van der Waals surface area contributed by atoms with Gasteiger partial charge in [0.2, 0.25) is 5.16 Å². The van der Waals surface area contributed by atoms with Crippen LogP contribution in [0.1, 0.15) is 26.7 Å². The summed E-state index contributed by atoms with van der Waals surface area (Å²) in [6.45, 7) is 5.01. The molecule has 0 spiro atoms. The monoisotopic (exact) mass is 442 g/mol. The Kier molecular flexibility index (Phi) is 6.36. The molecule has 1 aromatic carbocycles. The Hall–Kier alpha value is -2.42. The largest absolute Gasteiger partial charge is 0.373 e. The van der Waals surface area contributed by atoms with Crippen LogP contribution in [-0.4, -0.2) is 41.3 Å². The lowest BCUT2D eigenvalue weighted by Crippen LogP contribution is -2.31. The molecule has 2 atom stereocenters. The van der Waals surface area contributed by atoms with Crippen LogP contribution in [0.25, 0.3) is 22.1 Å². The average molecular weight is 443 g/mol. The molecule has 7 nitrogen and oxygen atoms in total. The standard InChI is InChI=1S/C21H23ClN6OS/c1-3-11-28-15-8-6-5-7-14(15)18-19(28)25-21(27-26-18)30-16(4-2)20(29)24-17-10-9-13(22)12-23-17/h5-10,12,16,20,29H,3-4,11H2,1-2H3,(H,23,24). The van der Waals surface area contributed by atoms with Gasteiger partial charge in [0, 0.05) is 18.1 Å². The van der Waals surface area contributed by atoms with Gasteiger partial charge in [-0.25, -0.2) is 9.97 Å². The summed E-state index contributed by atoms with van der Waals surface area (Å²) in [5.74, 6) is 0.559. The highest BCUT2D eigenvalue weighted by Crippen LogP contribution is 2.30. The molecule has 0 aliphatic heterocycles. The summed E-state index contributed by atoms with van der Waals surface area (Å²) < 4.78 is 2.19. The molecule has 0 aliphatic carbocycles. The van der Waals surface area contributed by atoms with Gasteiger partial charge in [-0.2, -0.15) is 0 Å². The van der Waals surface area contributed by atoms with Gasteiger partial charge in [0.15, 0.2) is 5.65 Å². The van der Waals surface area contributed by atoms with Gasteiger partial charge in [-0.05, 0) is 31.0 Å². The highest BCUT2D eigenvalue weighted by Gasteiger charge is 2.22. The topological polar surface area (TPSA) is 88.8 Å². The van der Waals surface area contributed by atoms with Crippen LogP contribution in [0.15, 0.2) is 47.8 Å². The van der Waals surface area contributed by atoms with Gasteiger partial charge in [0.25, 0.3) is 0 Å². The normalized spacial score (nSPS) is 13.6. The fraction of sp³-hybridized carbons (Fsp3) is 0.333. The summed E-state index contributed by atoms with van der Waals surface area (Å²) in [6, 6.07) is 11.6. The highest BCUT2D eigenvalue weighted by atomic mass is 35.5. The smallest absolute Gasteiger partial charge is 0.211 e. The molecule has 0 radical (unpaired) electrons. The van der Waals surface area contributed by atoms with Gasteiger partial charge < -0.3 is 15.0 Å². The van der Waals surface area contributed by atoms with Crippen LogP contribution in [0.2, 0.25) is 5.02 Å². The lowest BCUT2D eigenvalue weighted by atomic mass is 10.2. The van der Waals surface area contributed by atoms with Crippen molar-refractivity contribution in [1.29, 1.82) is 0 Å². The molecule has 4 aromatic rings. The van der Waals surface area contributed by atoms with E-state index in [1.165, 1.54) is 18.0 Å². The Labute approximate surface area is 183 Å². The van der Waals surface area contributed by atoms with Crippen molar-refractivity contribution in [2.24, 2.45) is 0 Å². The zero-order chi connectivity index (χ0) is 21.1. The first kappa shape index (κ1) is 20.8. The average Bonchev–Trinajstić information content (AvgIpc) is 3.07. The molecular weight excluding hydrogens is 420 g/mol. The van der Waals surface area contributed by atoms with E-state index in [1.807, 2.05) is 19.1 Å². The molecule has 0 amide bonds. The summed E-state index contributed by atoms with van der Waals surface area (Å²) in [6.07, 6.45) is 2.42. The van der Waals surface area contributed by atoms with Crippen molar-refractivity contribution in [1.82, 2.24) is 24.7 Å². The SMILES string of the molecule is CCCn1c2ccccc2c2nnc(SC(CC)C(O)Nc3ccc(Cl)cn3)nc21. The number of benzene rings is 1. The van der Waals surface area contributed by atoms with E-state index in [2.05, 4.69) is 44.1 Å². The maximum Gasteiger partial charge on any atom is 0.211 e. The van der Waals surface area contributed by atoms with Crippen LogP contribution >= 0.6 is 23.4 Å². The van der Waals surface area contributed by atoms with E-state index in [-0.39, 0.29) is 5.25 Å². The Morgan fingerprint density at radius 1 is 1.17 bits per heavy atom. The number of fused-ring (bicyclic) bond motifs is 3. The van der Waals surface area contributed by atoms with Crippen molar-refractivity contribution < 1.29 is 5.11 Å². The second-order valence-electron chi connectivity index (χ2n) is 6.95. The van der Waals surface area contributed by atoms with Gasteiger partial charge in [-0.15, -0.1) is 10.2 Å². The van der Waals surface area contributed by atoms with Gasteiger partial charge in [-0.1, -0.05) is 55.4 Å². The Balaban J connectivity index is 1.61. The maximum absolute atomic E-state index is 10.7. The van der Waals surface area contributed by atoms with Gasteiger partial charge in [0.05, 0.1) is 15.8 Å². The number of para-hydroxylation sites is 1. The number of aryl methyl sites for hydroxylation is 1. The van der Waals surface area contributed by atoms with E-state index in [4.69, 9.17) is 16.6 Å². The lowest BCUT2D eigenvalue weighted by Gasteiger charge is -2.21. The van der Waals surface area contributed by atoms with E-state index >= 15 is 0 Å². The van der Waals surface area contributed by atoms with Crippen molar-refractivity contribution in [3.05, 3.63) is 47.6 Å². The molecule has 0 bridgehead atoms. The van der Waals surface area contributed by atoms with E-state index < -0.39 is 6.23 Å². The summed E-state index contributed by atoms with van der Waals surface area (Å²) in [5.41, 5.74) is 2.74. The van der Waals surface area contributed by atoms with Crippen LogP contribution in [0.5, 0.6) is 0 Å². The number of hydrogen-bond acceptors (Lipinski definition) is 7. The van der Waals surface area contributed by atoms with Crippen LogP contribution in [0, 0.1) is 0 Å². The third-order valence-electron chi connectivity index (χ3n) is 4.84. The number of anilines is 1. The fourth-order valence-corrected chi connectivity index (χ4v) is 4.37. The minimum Gasteiger partial charge on any atom is -0.373 e. The molecule has 0 saturated heterocycles. The van der Waals surface area contributed by atoms with Crippen LogP contribution in [-0.2, 0) is 6.54 Å². The number of halogens is 1. The molecule has 3 heterocycles. The van der Waals surface area contributed by atoms with Gasteiger partial charge in [-0.3, -0.25) is 0 Å². The summed E-state index contributed by atoms with van der Waals surface area (Å²) in [7, 11) is 0. The zero-order valence-corrected chi connectivity index (χ0v) is 18.4. The van der Waals surface area contributed by atoms with Crippen molar-refractivity contribution in [2.75, 3.05) is 5.32 Å². The number of thioether (sulfide) groups is 1. The Morgan fingerprint density at radius 3 is 2.73 bits per heavy atom. The quantitative estimate of drug-likeness (QED) is 0.301. The molecule has 2 N–H and O–H groups in total. The first-order valence-electron chi connectivity index (χ1n) is 9.95. The molecule has 4 rings (SSSR count). The van der Waals surface area contributed by atoms with Crippen LogP contribution < -0.4 is 5.32 Å². The van der Waals surface area contributed by atoms with E-state index in [0.29, 0.717) is 22.4 Å². The second-order valence-corrected chi connectivity index (χ2v) is 8.59. The molecule has 0 aliphatic rings. The van der Waals surface area contributed by atoms with Gasteiger partial charge in [0.1, 0.15) is 17.6 Å². The third kappa shape index (κ3) is 4.21. The molecule has 0 saturated carbocycles. The number of pyridine rings is 1. The highest BCUT2D eigenvalue weighted by molar-refractivity contribution is 7.99. The number of hydrogen-bond donors (Lipinski definition) is 2. The molecule has 3 aromatic heterocycles. The molecule has 9 heteroatoms.